The number of alkyl halides is 1. The third kappa shape index (κ3) is 5.60. The zero-order chi connectivity index (χ0) is 23.4. The van der Waals surface area contributed by atoms with E-state index in [-0.39, 0.29) is 28.4 Å². The molecule has 1 amide bonds. The average Bonchev–Trinajstić information content (AvgIpc) is 3.55. The summed E-state index contributed by atoms with van der Waals surface area (Å²) in [5, 5.41) is 2.80. The molecule has 9 nitrogen and oxygen atoms in total. The Bertz CT molecular complexity index is 1130. The van der Waals surface area contributed by atoms with Crippen LogP contribution < -0.4 is 26.6 Å². The number of nitrogens with one attached hydrogen (secondary N) is 3. The topological polar surface area (TPSA) is 127 Å². The zero-order valence-corrected chi connectivity index (χ0v) is 18.9. The number of carbonyl (C=O) groups excluding carboxylic acids is 1. The number of carbonyl (C=O) groups is 1. The number of amides is 1. The first-order valence-corrected chi connectivity index (χ1v) is 11.3. The van der Waals surface area contributed by atoms with Crippen molar-refractivity contribution in [2.45, 2.75) is 36.8 Å². The van der Waals surface area contributed by atoms with E-state index in [1.165, 1.54) is 44.3 Å². The summed E-state index contributed by atoms with van der Waals surface area (Å²) in [5.74, 6) is 7.14. The Kier molecular flexibility index (Phi) is 7.08. The highest BCUT2D eigenvalue weighted by Crippen LogP contribution is 2.35. The molecule has 33 heavy (non-hydrogen) atoms. The number of halogens is 1. The fraction of sp³-hybridized carbons (Fsp3) is 0.364. The van der Waals surface area contributed by atoms with Gasteiger partial charge in [0.05, 0.1) is 30.9 Å². The van der Waals surface area contributed by atoms with Crippen LogP contribution >= 0.6 is 11.8 Å². The van der Waals surface area contributed by atoms with Crippen molar-refractivity contribution in [3.8, 4) is 28.7 Å². The van der Waals surface area contributed by atoms with E-state index in [4.69, 9.17) is 10.5 Å². The molecule has 2 fully saturated rings. The predicted octanol–water partition coefficient (Wildman–Crippen LogP) is 2.40. The standard InChI is InChI=1S/C22H24FN7O2S/c1-12(23)17-7-14(18(32-2)10-25-17)16-9-26-19(27-11-24)8-15(16)21(31)28-22-30-29-20(33-22)6-5-13-3-4-13/h7-13,20,22,29-30H,3-4H2,1-2H3,(H,28,31)(H2,24,26,27). The molecule has 3 atom stereocenters. The summed E-state index contributed by atoms with van der Waals surface area (Å²) in [6, 6.07) is 3.07. The number of pyridine rings is 2. The van der Waals surface area contributed by atoms with Crippen molar-refractivity contribution in [3.63, 3.8) is 0 Å². The molecule has 4 rings (SSSR count). The molecule has 2 aromatic heterocycles. The summed E-state index contributed by atoms with van der Waals surface area (Å²) in [6.45, 7) is 1.39. The molecule has 2 aromatic rings. The number of hydrazine groups is 1. The minimum absolute atomic E-state index is 0.126. The molecule has 0 bridgehead atoms. The lowest BCUT2D eigenvalue weighted by Crippen LogP contribution is -2.43. The van der Waals surface area contributed by atoms with Crippen molar-refractivity contribution in [1.82, 2.24) is 26.1 Å². The number of rotatable bonds is 6. The first-order valence-electron chi connectivity index (χ1n) is 10.4. The van der Waals surface area contributed by atoms with Crippen LogP contribution in [0.2, 0.25) is 0 Å². The highest BCUT2D eigenvalue weighted by atomic mass is 32.2. The van der Waals surface area contributed by atoms with E-state index >= 15 is 0 Å². The molecular formula is C22H24FN7O2S. The van der Waals surface area contributed by atoms with Gasteiger partial charge >= 0.3 is 0 Å². The number of hydrogen-bond acceptors (Lipinski definition) is 8. The number of nitrogens with zero attached hydrogens (tertiary/aromatic N) is 3. The van der Waals surface area contributed by atoms with Crippen molar-refractivity contribution in [2.75, 3.05) is 7.11 Å². The molecule has 3 heterocycles. The van der Waals surface area contributed by atoms with Gasteiger partial charge in [0.2, 0.25) is 0 Å². The lowest BCUT2D eigenvalue weighted by molar-refractivity contribution is 0.0945. The van der Waals surface area contributed by atoms with E-state index in [1.54, 1.807) is 6.07 Å². The third-order valence-electron chi connectivity index (χ3n) is 5.02. The number of aromatic nitrogens is 2. The number of ether oxygens (including phenoxy) is 1. The highest BCUT2D eigenvalue weighted by Gasteiger charge is 2.27. The summed E-state index contributed by atoms with van der Waals surface area (Å²) >= 11 is 1.46. The zero-order valence-electron chi connectivity index (χ0n) is 18.1. The molecule has 1 aliphatic heterocycles. The molecule has 1 aliphatic carbocycles. The van der Waals surface area contributed by atoms with E-state index in [0.29, 0.717) is 22.8 Å². The monoisotopic (exact) mass is 469 g/mol. The first kappa shape index (κ1) is 23.0. The summed E-state index contributed by atoms with van der Waals surface area (Å²) in [4.78, 5) is 25.6. The molecular weight excluding hydrogens is 445 g/mol. The number of hydrogen-bond donors (Lipinski definition) is 4. The Morgan fingerprint density at radius 1 is 1.33 bits per heavy atom. The molecule has 172 valence electrons. The number of aliphatic imine (C=N–C) groups is 1. The summed E-state index contributed by atoms with van der Waals surface area (Å²) in [5.41, 5.74) is 12.5. The Morgan fingerprint density at radius 3 is 2.85 bits per heavy atom. The Hall–Kier alpha value is -3.20. The summed E-state index contributed by atoms with van der Waals surface area (Å²) in [7, 11) is 1.48. The van der Waals surface area contributed by atoms with Crippen molar-refractivity contribution in [2.24, 2.45) is 16.6 Å². The minimum Gasteiger partial charge on any atom is -0.494 e. The van der Waals surface area contributed by atoms with Crippen LogP contribution in [0.4, 0.5) is 10.2 Å². The second kappa shape index (κ2) is 10.2. The smallest absolute Gasteiger partial charge is 0.254 e. The van der Waals surface area contributed by atoms with E-state index in [9.17, 15) is 9.18 Å². The van der Waals surface area contributed by atoms with Gasteiger partial charge in [-0.3, -0.25) is 9.78 Å². The van der Waals surface area contributed by atoms with Gasteiger partial charge in [-0.25, -0.2) is 25.2 Å². The number of thioether (sulfide) groups is 1. The van der Waals surface area contributed by atoms with Gasteiger partial charge in [0.25, 0.3) is 5.91 Å². The van der Waals surface area contributed by atoms with Crippen molar-refractivity contribution < 1.29 is 13.9 Å². The molecule has 0 aromatic carbocycles. The molecule has 0 spiro atoms. The van der Waals surface area contributed by atoms with Crippen LogP contribution in [0.25, 0.3) is 11.1 Å². The fourth-order valence-electron chi connectivity index (χ4n) is 3.16. The van der Waals surface area contributed by atoms with E-state index in [1.807, 2.05) is 0 Å². The summed E-state index contributed by atoms with van der Waals surface area (Å²) in [6.07, 6.45) is 5.02. The molecule has 5 N–H and O–H groups in total. The largest absolute Gasteiger partial charge is 0.494 e. The van der Waals surface area contributed by atoms with Gasteiger partial charge in [0.1, 0.15) is 22.8 Å². The molecule has 1 saturated heterocycles. The number of methoxy groups -OCH3 is 1. The van der Waals surface area contributed by atoms with Crippen LogP contribution in [0.1, 0.15) is 42.0 Å². The van der Waals surface area contributed by atoms with Crippen LogP contribution in [0.15, 0.2) is 29.5 Å². The van der Waals surface area contributed by atoms with Gasteiger partial charge in [0.15, 0.2) is 5.82 Å². The molecule has 0 radical (unpaired) electrons. The minimum atomic E-state index is -1.29. The van der Waals surface area contributed by atoms with Crippen LogP contribution in [-0.4, -0.2) is 40.2 Å². The molecule has 1 saturated carbocycles. The second-order valence-corrected chi connectivity index (χ2v) is 8.73. The van der Waals surface area contributed by atoms with E-state index in [0.717, 1.165) is 19.2 Å². The third-order valence-corrected chi connectivity index (χ3v) is 6.04. The van der Waals surface area contributed by atoms with Gasteiger partial charge in [-0.15, -0.1) is 0 Å². The first-order chi connectivity index (χ1) is 16.0. The molecule has 2 aliphatic rings. The Balaban J connectivity index is 1.63. The SMILES string of the molecule is COc1cnc(C(C)F)cc1-c1cnc(N=CN)cc1C(=O)NC1NNC(C#CC2CC2)S1. The number of nitrogens with two attached hydrogens (primary N) is 1. The Labute approximate surface area is 195 Å². The van der Waals surface area contributed by atoms with Gasteiger partial charge in [-0.05, 0) is 31.9 Å². The quantitative estimate of drug-likeness (QED) is 0.289. The maximum atomic E-state index is 14.0. The molecule has 11 heteroatoms. The van der Waals surface area contributed by atoms with E-state index in [2.05, 4.69) is 43.0 Å². The predicted molar refractivity (Wildman–Crippen MR) is 125 cm³/mol. The van der Waals surface area contributed by atoms with Crippen LogP contribution in [0.3, 0.4) is 0 Å². The Morgan fingerprint density at radius 2 is 2.15 bits per heavy atom. The van der Waals surface area contributed by atoms with Crippen LogP contribution in [-0.2, 0) is 0 Å². The van der Waals surface area contributed by atoms with E-state index < -0.39 is 11.7 Å². The van der Waals surface area contributed by atoms with Crippen molar-refractivity contribution in [3.05, 3.63) is 35.8 Å². The van der Waals surface area contributed by atoms with Gasteiger partial charge < -0.3 is 15.8 Å². The van der Waals surface area contributed by atoms with Gasteiger partial charge in [0, 0.05) is 23.2 Å². The van der Waals surface area contributed by atoms with Gasteiger partial charge in [-0.1, -0.05) is 23.6 Å². The second-order valence-electron chi connectivity index (χ2n) is 7.51. The lowest BCUT2D eigenvalue weighted by Gasteiger charge is -2.16. The fourth-order valence-corrected chi connectivity index (χ4v) is 4.01. The van der Waals surface area contributed by atoms with Crippen LogP contribution in [0, 0.1) is 17.8 Å². The maximum Gasteiger partial charge on any atom is 0.254 e. The molecule has 3 unspecified atom stereocenters. The van der Waals surface area contributed by atoms with Gasteiger partial charge in [-0.2, -0.15) is 0 Å². The van der Waals surface area contributed by atoms with Crippen molar-refractivity contribution >= 4 is 29.8 Å². The lowest BCUT2D eigenvalue weighted by atomic mass is 10.00. The maximum absolute atomic E-state index is 14.0. The average molecular weight is 470 g/mol. The normalized spacial score (nSPS) is 20.8. The highest BCUT2D eigenvalue weighted by molar-refractivity contribution is 8.00. The summed E-state index contributed by atoms with van der Waals surface area (Å²) < 4.78 is 19.4. The van der Waals surface area contributed by atoms with Crippen molar-refractivity contribution in [1.29, 1.82) is 0 Å². The van der Waals surface area contributed by atoms with Crippen LogP contribution in [0.5, 0.6) is 5.75 Å².